The van der Waals surface area contributed by atoms with Crippen molar-refractivity contribution >= 4 is 29.1 Å². The number of non-ortho nitro benzene ring substituents is 1. The molecule has 0 aromatic heterocycles. The highest BCUT2D eigenvalue weighted by atomic mass is 16.6. The van der Waals surface area contributed by atoms with Crippen molar-refractivity contribution in [2.24, 2.45) is 0 Å². The highest BCUT2D eigenvalue weighted by Gasteiger charge is 2.32. The molecule has 9 heteroatoms. The van der Waals surface area contributed by atoms with Gasteiger partial charge in [0.2, 0.25) is 0 Å². The summed E-state index contributed by atoms with van der Waals surface area (Å²) in [5.41, 5.74) is 0.694. The quantitative estimate of drug-likeness (QED) is 0.496. The van der Waals surface area contributed by atoms with E-state index in [2.05, 4.69) is 5.32 Å². The van der Waals surface area contributed by atoms with Crippen LogP contribution in [0.3, 0.4) is 0 Å². The Hall–Kier alpha value is -3.75. The number of carbonyl (C=O) groups excluding carboxylic acids is 3. The second kappa shape index (κ2) is 6.63. The van der Waals surface area contributed by atoms with Gasteiger partial charge in [-0.1, -0.05) is 6.07 Å². The monoisotopic (exact) mass is 355 g/mol. The molecule has 2 aromatic rings. The molecule has 0 aliphatic carbocycles. The Bertz CT molecular complexity index is 940. The summed E-state index contributed by atoms with van der Waals surface area (Å²) in [6, 6.07) is 9.87. The third kappa shape index (κ3) is 3.22. The van der Waals surface area contributed by atoms with Crippen molar-refractivity contribution in [3.05, 3.63) is 63.7 Å². The van der Waals surface area contributed by atoms with Crippen LogP contribution in [0.1, 0.15) is 20.7 Å². The topological polar surface area (TPSA) is 119 Å². The second-order valence-electron chi connectivity index (χ2n) is 5.52. The Labute approximate surface area is 147 Å². The molecule has 0 radical (unpaired) electrons. The van der Waals surface area contributed by atoms with Gasteiger partial charge in [0.05, 0.1) is 22.1 Å². The fourth-order valence-corrected chi connectivity index (χ4v) is 2.47. The molecule has 0 atom stereocenters. The Balaban J connectivity index is 1.64. The number of nitrogens with zero attached hydrogens (tertiary/aromatic N) is 2. The molecule has 1 heterocycles. The van der Waals surface area contributed by atoms with E-state index in [0.29, 0.717) is 5.69 Å². The van der Waals surface area contributed by atoms with E-state index in [9.17, 15) is 24.5 Å². The van der Waals surface area contributed by atoms with Crippen molar-refractivity contribution < 1.29 is 24.0 Å². The Morgan fingerprint density at radius 2 is 1.88 bits per heavy atom. The number of amides is 3. The van der Waals surface area contributed by atoms with Crippen molar-refractivity contribution in [2.45, 2.75) is 0 Å². The third-order valence-corrected chi connectivity index (χ3v) is 3.77. The number of fused-ring (bicyclic) bond motifs is 1. The van der Waals surface area contributed by atoms with E-state index in [1.165, 1.54) is 49.5 Å². The van der Waals surface area contributed by atoms with Gasteiger partial charge in [0, 0.05) is 18.8 Å². The highest BCUT2D eigenvalue weighted by molar-refractivity contribution is 6.21. The zero-order chi connectivity index (χ0) is 18.8. The highest BCUT2D eigenvalue weighted by Crippen LogP contribution is 2.25. The van der Waals surface area contributed by atoms with Gasteiger partial charge < -0.3 is 10.1 Å². The van der Waals surface area contributed by atoms with E-state index in [0.717, 1.165) is 4.90 Å². The smallest absolute Gasteiger partial charge is 0.273 e. The van der Waals surface area contributed by atoms with Crippen molar-refractivity contribution in [2.75, 3.05) is 19.0 Å². The third-order valence-electron chi connectivity index (χ3n) is 3.77. The van der Waals surface area contributed by atoms with Crippen molar-refractivity contribution in [1.82, 2.24) is 4.90 Å². The molecule has 0 spiro atoms. The van der Waals surface area contributed by atoms with Gasteiger partial charge in [-0.15, -0.1) is 0 Å². The van der Waals surface area contributed by atoms with E-state index < -0.39 is 22.6 Å². The van der Waals surface area contributed by atoms with Crippen LogP contribution in [0.4, 0.5) is 11.4 Å². The largest absolute Gasteiger partial charge is 0.484 e. The Morgan fingerprint density at radius 3 is 2.62 bits per heavy atom. The number of nitro benzene ring substituents is 1. The van der Waals surface area contributed by atoms with Gasteiger partial charge >= 0.3 is 0 Å². The first-order chi connectivity index (χ1) is 12.4. The summed E-state index contributed by atoms with van der Waals surface area (Å²) in [5.74, 6) is -1.15. The summed E-state index contributed by atoms with van der Waals surface area (Å²) >= 11 is 0. The lowest BCUT2D eigenvalue weighted by Crippen LogP contribution is -2.24. The molecule has 1 aliphatic rings. The predicted molar refractivity (Wildman–Crippen MR) is 90.1 cm³/mol. The van der Waals surface area contributed by atoms with Gasteiger partial charge in [-0.3, -0.25) is 29.4 Å². The minimum atomic E-state index is -0.563. The standard InChI is InChI=1S/C17H13N3O6/c1-19-16(22)13-6-5-10(7-14(13)17(19)23)18-15(21)9-26-12-4-2-3-11(8-12)20(24)25/h2-8H,9H2,1H3,(H,18,21). The molecular weight excluding hydrogens is 342 g/mol. The molecule has 3 amide bonds. The number of nitro groups is 1. The maximum atomic E-state index is 12.0. The van der Waals surface area contributed by atoms with E-state index in [4.69, 9.17) is 4.74 Å². The van der Waals surface area contributed by atoms with Gasteiger partial charge in [-0.2, -0.15) is 0 Å². The summed E-state index contributed by atoms with van der Waals surface area (Å²) < 4.78 is 5.23. The number of imide groups is 1. The predicted octanol–water partition coefficient (Wildman–Crippen LogP) is 1.84. The fraction of sp³-hybridized carbons (Fsp3) is 0.118. The van der Waals surface area contributed by atoms with Crippen LogP contribution in [0.2, 0.25) is 0 Å². The van der Waals surface area contributed by atoms with Crippen molar-refractivity contribution in [3.8, 4) is 5.75 Å². The molecule has 9 nitrogen and oxygen atoms in total. The van der Waals surface area contributed by atoms with Gasteiger partial charge in [0.25, 0.3) is 23.4 Å². The first-order valence-corrected chi connectivity index (χ1v) is 7.50. The average molecular weight is 355 g/mol. The second-order valence-corrected chi connectivity index (χ2v) is 5.52. The van der Waals surface area contributed by atoms with E-state index in [-0.39, 0.29) is 29.2 Å². The number of hydrogen-bond donors (Lipinski definition) is 1. The number of benzene rings is 2. The first kappa shape index (κ1) is 17.1. The SMILES string of the molecule is CN1C(=O)c2ccc(NC(=O)COc3cccc([N+](=O)[O-])c3)cc2C1=O. The first-order valence-electron chi connectivity index (χ1n) is 7.50. The lowest BCUT2D eigenvalue weighted by Gasteiger charge is -2.08. The fourth-order valence-electron chi connectivity index (χ4n) is 2.47. The van der Waals surface area contributed by atoms with Crippen LogP contribution in [0, 0.1) is 10.1 Å². The van der Waals surface area contributed by atoms with E-state index >= 15 is 0 Å². The molecule has 0 fully saturated rings. The number of carbonyl (C=O) groups is 3. The summed E-state index contributed by atoms with van der Waals surface area (Å²) in [7, 11) is 1.38. The summed E-state index contributed by atoms with van der Waals surface area (Å²) in [6.07, 6.45) is 0. The van der Waals surface area contributed by atoms with Crippen LogP contribution in [-0.2, 0) is 4.79 Å². The normalized spacial score (nSPS) is 12.7. The molecule has 26 heavy (non-hydrogen) atoms. The minimum Gasteiger partial charge on any atom is -0.484 e. The number of ether oxygens (including phenoxy) is 1. The maximum absolute atomic E-state index is 12.0. The molecule has 1 aliphatic heterocycles. The van der Waals surface area contributed by atoms with Gasteiger partial charge in [0.15, 0.2) is 6.61 Å². The van der Waals surface area contributed by atoms with Crippen molar-refractivity contribution in [3.63, 3.8) is 0 Å². The number of rotatable bonds is 5. The van der Waals surface area contributed by atoms with E-state index in [1.807, 2.05) is 0 Å². The summed E-state index contributed by atoms with van der Waals surface area (Å²) in [6.45, 7) is -0.370. The molecule has 1 N–H and O–H groups in total. The molecular formula is C17H13N3O6. The molecule has 0 saturated heterocycles. The average Bonchev–Trinajstić information content (AvgIpc) is 2.84. The van der Waals surface area contributed by atoms with Crippen LogP contribution in [0.15, 0.2) is 42.5 Å². The maximum Gasteiger partial charge on any atom is 0.273 e. The van der Waals surface area contributed by atoms with Crippen LogP contribution in [0.5, 0.6) is 5.75 Å². The molecule has 3 rings (SSSR count). The zero-order valence-electron chi connectivity index (χ0n) is 13.6. The van der Waals surface area contributed by atoms with Gasteiger partial charge in [0.1, 0.15) is 5.75 Å². The minimum absolute atomic E-state index is 0.145. The Kier molecular flexibility index (Phi) is 4.36. The molecule has 0 bridgehead atoms. The lowest BCUT2D eigenvalue weighted by atomic mass is 10.1. The van der Waals surface area contributed by atoms with Crippen molar-refractivity contribution in [1.29, 1.82) is 0 Å². The number of hydrogen-bond acceptors (Lipinski definition) is 6. The summed E-state index contributed by atoms with van der Waals surface area (Å²) in [5, 5.41) is 13.3. The lowest BCUT2D eigenvalue weighted by molar-refractivity contribution is -0.384. The molecule has 2 aromatic carbocycles. The van der Waals surface area contributed by atoms with Crippen LogP contribution < -0.4 is 10.1 Å². The molecule has 0 unspecified atom stereocenters. The molecule has 0 saturated carbocycles. The van der Waals surface area contributed by atoms with Gasteiger partial charge in [-0.05, 0) is 24.3 Å². The van der Waals surface area contributed by atoms with Crippen LogP contribution in [-0.4, -0.2) is 41.2 Å². The number of nitrogens with one attached hydrogen (secondary N) is 1. The number of anilines is 1. The Morgan fingerprint density at radius 1 is 1.15 bits per heavy atom. The summed E-state index contributed by atoms with van der Waals surface area (Å²) in [4.78, 5) is 46.9. The zero-order valence-corrected chi connectivity index (χ0v) is 13.6. The van der Waals surface area contributed by atoms with Crippen LogP contribution in [0.25, 0.3) is 0 Å². The van der Waals surface area contributed by atoms with Gasteiger partial charge in [-0.25, -0.2) is 0 Å². The molecule has 132 valence electrons. The van der Waals surface area contributed by atoms with Crippen LogP contribution >= 0.6 is 0 Å². The van der Waals surface area contributed by atoms with E-state index in [1.54, 1.807) is 0 Å².